The van der Waals surface area contributed by atoms with E-state index in [0.717, 1.165) is 31.5 Å². The number of anilines is 1. The fourth-order valence-electron chi connectivity index (χ4n) is 3.11. The van der Waals surface area contributed by atoms with Gasteiger partial charge in [0.15, 0.2) is 6.61 Å². The summed E-state index contributed by atoms with van der Waals surface area (Å²) >= 11 is 0. The second kappa shape index (κ2) is 8.00. The molecule has 1 aromatic carbocycles. The molecule has 1 atom stereocenters. The molecule has 0 radical (unpaired) electrons. The lowest BCUT2D eigenvalue weighted by atomic mass is 10.1. The van der Waals surface area contributed by atoms with E-state index >= 15 is 0 Å². The molecule has 2 fully saturated rings. The molecule has 3 amide bonds. The molecule has 2 heterocycles. The van der Waals surface area contributed by atoms with Crippen molar-refractivity contribution >= 4 is 23.4 Å². The molecule has 134 valence electrons. The molecule has 2 aliphatic rings. The number of nitrogens with zero attached hydrogens (tertiary/aromatic N) is 1. The first kappa shape index (κ1) is 17.3. The lowest BCUT2D eigenvalue weighted by Gasteiger charge is -2.17. The molecule has 0 aliphatic carbocycles. The molecule has 0 saturated carbocycles. The third-order valence-corrected chi connectivity index (χ3v) is 4.46. The topological polar surface area (TPSA) is 87.7 Å². The second-order valence-corrected chi connectivity index (χ2v) is 6.34. The van der Waals surface area contributed by atoms with Crippen LogP contribution >= 0.6 is 0 Å². The average Bonchev–Trinajstić information content (AvgIpc) is 2.94. The van der Waals surface area contributed by atoms with E-state index in [9.17, 15) is 14.4 Å². The van der Waals surface area contributed by atoms with Gasteiger partial charge in [0.25, 0.3) is 5.91 Å². The van der Waals surface area contributed by atoms with Crippen LogP contribution in [0.15, 0.2) is 24.3 Å². The van der Waals surface area contributed by atoms with Crippen LogP contribution in [0.25, 0.3) is 0 Å². The number of amides is 3. The summed E-state index contributed by atoms with van der Waals surface area (Å²) < 4.78 is 5.47. The molecular formula is C18H23N3O4. The van der Waals surface area contributed by atoms with Crippen LogP contribution in [0.4, 0.5) is 5.69 Å². The molecule has 1 aromatic rings. The fraction of sp³-hybridized carbons (Fsp3) is 0.500. The first-order valence-electron chi connectivity index (χ1n) is 8.74. The second-order valence-electron chi connectivity index (χ2n) is 6.34. The van der Waals surface area contributed by atoms with Gasteiger partial charge >= 0.3 is 0 Å². The van der Waals surface area contributed by atoms with Crippen LogP contribution in [0.2, 0.25) is 0 Å². The van der Waals surface area contributed by atoms with Gasteiger partial charge < -0.3 is 20.3 Å². The van der Waals surface area contributed by atoms with Crippen molar-refractivity contribution in [3.8, 4) is 5.75 Å². The summed E-state index contributed by atoms with van der Waals surface area (Å²) in [5, 5.41) is 5.50. The summed E-state index contributed by atoms with van der Waals surface area (Å²) in [7, 11) is 0. The van der Waals surface area contributed by atoms with Gasteiger partial charge in [-0.1, -0.05) is 0 Å². The van der Waals surface area contributed by atoms with Gasteiger partial charge in [-0.15, -0.1) is 0 Å². The number of carbonyl (C=O) groups excluding carboxylic acids is 3. The lowest BCUT2D eigenvalue weighted by molar-refractivity contribution is -0.129. The minimum atomic E-state index is -0.484. The maximum atomic E-state index is 12.0. The summed E-state index contributed by atoms with van der Waals surface area (Å²) in [5.41, 5.74) is 0.842. The smallest absolute Gasteiger partial charge is 0.258 e. The summed E-state index contributed by atoms with van der Waals surface area (Å²) in [6.07, 6.45) is 3.96. The summed E-state index contributed by atoms with van der Waals surface area (Å²) in [4.78, 5) is 37.3. The molecule has 7 nitrogen and oxygen atoms in total. The number of carbonyl (C=O) groups is 3. The van der Waals surface area contributed by atoms with Crippen molar-refractivity contribution in [3.63, 3.8) is 0 Å². The Hall–Kier alpha value is -2.57. The Kier molecular flexibility index (Phi) is 5.53. The van der Waals surface area contributed by atoms with Gasteiger partial charge in [-0.25, -0.2) is 0 Å². The summed E-state index contributed by atoms with van der Waals surface area (Å²) in [6.45, 7) is 1.25. The summed E-state index contributed by atoms with van der Waals surface area (Å²) in [6, 6.07) is 6.63. The van der Waals surface area contributed by atoms with Crippen molar-refractivity contribution in [2.75, 3.05) is 24.6 Å². The van der Waals surface area contributed by atoms with Crippen LogP contribution in [0, 0.1) is 0 Å². The van der Waals surface area contributed by atoms with E-state index in [-0.39, 0.29) is 24.3 Å². The normalized spacial score (nSPS) is 20.8. The predicted molar refractivity (Wildman–Crippen MR) is 92.3 cm³/mol. The number of benzene rings is 1. The van der Waals surface area contributed by atoms with Crippen molar-refractivity contribution in [1.29, 1.82) is 0 Å². The van der Waals surface area contributed by atoms with Crippen molar-refractivity contribution in [2.24, 2.45) is 0 Å². The SMILES string of the molecule is O=C(COc1ccc(N2CCCC2=O)cc1)NC1CCCCNC1=O. The maximum absolute atomic E-state index is 12.0. The number of nitrogens with one attached hydrogen (secondary N) is 2. The van der Waals surface area contributed by atoms with E-state index in [0.29, 0.717) is 25.1 Å². The van der Waals surface area contributed by atoms with E-state index in [1.165, 1.54) is 0 Å². The Morgan fingerprint density at radius 2 is 2.00 bits per heavy atom. The first-order valence-corrected chi connectivity index (χ1v) is 8.74. The highest BCUT2D eigenvalue weighted by atomic mass is 16.5. The highest BCUT2D eigenvalue weighted by Crippen LogP contribution is 2.23. The molecule has 0 aromatic heterocycles. The highest BCUT2D eigenvalue weighted by molar-refractivity contribution is 5.95. The van der Waals surface area contributed by atoms with Gasteiger partial charge in [0.1, 0.15) is 11.8 Å². The Bertz CT molecular complexity index is 644. The van der Waals surface area contributed by atoms with Gasteiger partial charge in [-0.05, 0) is 49.9 Å². The third kappa shape index (κ3) is 4.49. The molecule has 0 spiro atoms. The monoisotopic (exact) mass is 345 g/mol. The van der Waals surface area contributed by atoms with Gasteiger partial charge in [-0.2, -0.15) is 0 Å². The molecule has 2 saturated heterocycles. The molecular weight excluding hydrogens is 322 g/mol. The predicted octanol–water partition coefficient (Wildman–Crippen LogP) is 0.977. The number of hydrogen-bond donors (Lipinski definition) is 2. The van der Waals surface area contributed by atoms with E-state index in [1.54, 1.807) is 17.0 Å². The third-order valence-electron chi connectivity index (χ3n) is 4.46. The number of hydrogen-bond acceptors (Lipinski definition) is 4. The maximum Gasteiger partial charge on any atom is 0.258 e. The quantitative estimate of drug-likeness (QED) is 0.833. The minimum absolute atomic E-state index is 0.134. The Morgan fingerprint density at radius 3 is 2.72 bits per heavy atom. The lowest BCUT2D eigenvalue weighted by Crippen LogP contribution is -2.46. The molecule has 2 aliphatic heterocycles. The fourth-order valence-corrected chi connectivity index (χ4v) is 3.11. The first-order chi connectivity index (χ1) is 12.1. The van der Waals surface area contributed by atoms with Crippen LogP contribution in [0.5, 0.6) is 5.75 Å². The van der Waals surface area contributed by atoms with Crippen molar-refractivity contribution < 1.29 is 19.1 Å². The van der Waals surface area contributed by atoms with E-state index in [2.05, 4.69) is 10.6 Å². The zero-order valence-corrected chi connectivity index (χ0v) is 14.1. The van der Waals surface area contributed by atoms with E-state index in [4.69, 9.17) is 4.74 Å². The van der Waals surface area contributed by atoms with Crippen molar-refractivity contribution in [3.05, 3.63) is 24.3 Å². The van der Waals surface area contributed by atoms with Crippen LogP contribution < -0.4 is 20.3 Å². The number of rotatable bonds is 5. The average molecular weight is 345 g/mol. The molecule has 2 N–H and O–H groups in total. The largest absolute Gasteiger partial charge is 0.484 e. The highest BCUT2D eigenvalue weighted by Gasteiger charge is 2.23. The van der Waals surface area contributed by atoms with Crippen LogP contribution in [0.3, 0.4) is 0 Å². The van der Waals surface area contributed by atoms with E-state index < -0.39 is 6.04 Å². The molecule has 25 heavy (non-hydrogen) atoms. The molecule has 0 bridgehead atoms. The van der Waals surface area contributed by atoms with Crippen LogP contribution in [-0.2, 0) is 14.4 Å². The van der Waals surface area contributed by atoms with Crippen LogP contribution in [0.1, 0.15) is 32.1 Å². The van der Waals surface area contributed by atoms with Gasteiger partial charge in [0.05, 0.1) is 0 Å². The zero-order valence-electron chi connectivity index (χ0n) is 14.1. The van der Waals surface area contributed by atoms with Gasteiger partial charge in [-0.3, -0.25) is 14.4 Å². The van der Waals surface area contributed by atoms with Gasteiger partial charge in [0.2, 0.25) is 11.8 Å². The van der Waals surface area contributed by atoms with Crippen molar-refractivity contribution in [1.82, 2.24) is 10.6 Å². The standard InChI is InChI=1S/C18H23N3O4/c22-16(20-15-4-1-2-10-19-18(15)24)12-25-14-8-6-13(7-9-14)21-11-3-5-17(21)23/h6-9,15H,1-5,10-12H2,(H,19,24)(H,20,22). The Balaban J connectivity index is 1.48. The number of ether oxygens (including phenoxy) is 1. The Labute approximate surface area is 146 Å². The molecule has 3 rings (SSSR count). The van der Waals surface area contributed by atoms with Crippen LogP contribution in [-0.4, -0.2) is 43.5 Å². The molecule has 1 unspecified atom stereocenters. The Morgan fingerprint density at radius 1 is 1.20 bits per heavy atom. The zero-order chi connectivity index (χ0) is 17.6. The van der Waals surface area contributed by atoms with E-state index in [1.807, 2.05) is 12.1 Å². The van der Waals surface area contributed by atoms with Crippen molar-refractivity contribution in [2.45, 2.75) is 38.1 Å². The summed E-state index contributed by atoms with van der Waals surface area (Å²) in [5.74, 6) is 0.233. The minimum Gasteiger partial charge on any atom is -0.484 e. The molecule has 7 heteroatoms. The van der Waals surface area contributed by atoms with Gasteiger partial charge in [0, 0.05) is 25.2 Å².